The van der Waals surface area contributed by atoms with E-state index in [1.807, 2.05) is 30.1 Å². The van der Waals surface area contributed by atoms with Gasteiger partial charge in [0.05, 0.1) is 12.1 Å². The fourth-order valence-electron chi connectivity index (χ4n) is 3.85. The molecule has 0 saturated carbocycles. The minimum absolute atomic E-state index is 0.0895. The molecule has 1 unspecified atom stereocenters. The van der Waals surface area contributed by atoms with Gasteiger partial charge in [-0.05, 0) is 37.8 Å². The van der Waals surface area contributed by atoms with Crippen LogP contribution in [-0.4, -0.2) is 54.8 Å². The van der Waals surface area contributed by atoms with Gasteiger partial charge in [-0.3, -0.25) is 0 Å². The molecule has 1 saturated heterocycles. The topological polar surface area (TPSA) is 32.3 Å². The molecule has 3 rings (SSSR count). The fourth-order valence-corrected chi connectivity index (χ4v) is 3.85. The highest BCUT2D eigenvalue weighted by Gasteiger charge is 2.44. The van der Waals surface area contributed by atoms with Crippen molar-refractivity contribution in [1.29, 1.82) is 0 Å². The first-order chi connectivity index (χ1) is 10.8. The molecule has 7 heteroatoms. The van der Waals surface area contributed by atoms with Crippen molar-refractivity contribution in [1.82, 2.24) is 14.9 Å². The van der Waals surface area contributed by atoms with Crippen molar-refractivity contribution in [2.75, 3.05) is 38.6 Å². The first kappa shape index (κ1) is 16.5. The van der Waals surface area contributed by atoms with Gasteiger partial charge < -0.3 is 9.80 Å². The van der Waals surface area contributed by atoms with E-state index in [1.165, 1.54) is 0 Å². The number of halogens is 3. The number of hydrogen-bond acceptors (Lipinski definition) is 4. The van der Waals surface area contributed by atoms with Crippen LogP contribution in [0.15, 0.2) is 6.20 Å². The van der Waals surface area contributed by atoms with Crippen LogP contribution in [0.3, 0.4) is 0 Å². The molecular formula is C16H23F3N4. The van der Waals surface area contributed by atoms with Crippen molar-refractivity contribution in [2.24, 2.45) is 0 Å². The lowest BCUT2D eigenvalue weighted by Crippen LogP contribution is -2.46. The third-order valence-corrected chi connectivity index (χ3v) is 4.99. The molecule has 0 bridgehead atoms. The van der Waals surface area contributed by atoms with Gasteiger partial charge in [0.1, 0.15) is 0 Å². The van der Waals surface area contributed by atoms with Crippen LogP contribution in [0.4, 0.5) is 19.1 Å². The number of hydrogen-bond donors (Lipinski definition) is 0. The predicted molar refractivity (Wildman–Crippen MR) is 82.7 cm³/mol. The molecule has 128 valence electrons. The van der Waals surface area contributed by atoms with Gasteiger partial charge >= 0.3 is 6.18 Å². The van der Waals surface area contributed by atoms with Crippen LogP contribution in [0.1, 0.15) is 36.9 Å². The van der Waals surface area contributed by atoms with E-state index in [0.29, 0.717) is 12.5 Å². The average molecular weight is 328 g/mol. The molecule has 1 aromatic heterocycles. The Morgan fingerprint density at radius 3 is 2.78 bits per heavy atom. The molecular weight excluding hydrogens is 305 g/mol. The van der Waals surface area contributed by atoms with Gasteiger partial charge in [0.15, 0.2) is 0 Å². The average Bonchev–Trinajstić information content (AvgIpc) is 2.83. The SMILES string of the molecule is CN(C)c1ncc2c(n1)C1(CCCN(CCC(F)(F)F)C1)CC2. The Morgan fingerprint density at radius 2 is 2.09 bits per heavy atom. The Hall–Kier alpha value is -1.37. The molecule has 0 N–H and O–H groups in total. The number of nitrogens with zero attached hydrogens (tertiary/aromatic N) is 4. The lowest BCUT2D eigenvalue weighted by atomic mass is 9.77. The Balaban J connectivity index is 1.80. The largest absolute Gasteiger partial charge is 0.390 e. The number of likely N-dealkylation sites (tertiary alicyclic amines) is 1. The summed E-state index contributed by atoms with van der Waals surface area (Å²) in [7, 11) is 3.81. The van der Waals surface area contributed by atoms with E-state index in [4.69, 9.17) is 4.98 Å². The van der Waals surface area contributed by atoms with Crippen molar-refractivity contribution in [3.05, 3.63) is 17.5 Å². The monoisotopic (exact) mass is 328 g/mol. The van der Waals surface area contributed by atoms with Crippen LogP contribution in [0.5, 0.6) is 0 Å². The smallest absolute Gasteiger partial charge is 0.347 e. The maximum Gasteiger partial charge on any atom is 0.390 e. The molecule has 1 fully saturated rings. The molecule has 1 aliphatic heterocycles. The molecule has 1 aliphatic carbocycles. The molecule has 1 aromatic rings. The number of fused-ring (bicyclic) bond motifs is 2. The highest BCUT2D eigenvalue weighted by Crippen LogP contribution is 2.44. The quantitative estimate of drug-likeness (QED) is 0.854. The number of rotatable bonds is 3. The summed E-state index contributed by atoms with van der Waals surface area (Å²) in [5.74, 6) is 0.678. The van der Waals surface area contributed by atoms with E-state index in [9.17, 15) is 13.2 Å². The second kappa shape index (κ2) is 5.92. The molecule has 0 radical (unpaired) electrons. The van der Waals surface area contributed by atoms with Crippen LogP contribution in [0.2, 0.25) is 0 Å². The Bertz CT molecular complexity index is 569. The molecule has 23 heavy (non-hydrogen) atoms. The highest BCUT2D eigenvalue weighted by molar-refractivity contribution is 5.39. The van der Waals surface area contributed by atoms with Gasteiger partial charge in [-0.15, -0.1) is 0 Å². The minimum Gasteiger partial charge on any atom is -0.347 e. The van der Waals surface area contributed by atoms with E-state index >= 15 is 0 Å². The van der Waals surface area contributed by atoms with Crippen LogP contribution in [0.25, 0.3) is 0 Å². The number of piperidine rings is 1. The van der Waals surface area contributed by atoms with Crippen LogP contribution >= 0.6 is 0 Å². The second-order valence-corrected chi connectivity index (χ2v) is 6.96. The fraction of sp³-hybridized carbons (Fsp3) is 0.750. The minimum atomic E-state index is -4.08. The van der Waals surface area contributed by atoms with Crippen LogP contribution < -0.4 is 4.90 Å². The zero-order chi connectivity index (χ0) is 16.7. The summed E-state index contributed by atoms with van der Waals surface area (Å²) in [6.45, 7) is 1.52. The normalized spacial score (nSPS) is 24.9. The van der Waals surface area contributed by atoms with Crippen molar-refractivity contribution in [3.8, 4) is 0 Å². The summed E-state index contributed by atoms with van der Waals surface area (Å²) in [6, 6.07) is 0. The standard InChI is InChI=1S/C16H23F3N4/c1-22(2)14-20-10-12-4-6-15(13(12)21-14)5-3-8-23(11-15)9-7-16(17,18)19/h10H,3-9,11H2,1-2H3. The lowest BCUT2D eigenvalue weighted by molar-refractivity contribution is -0.139. The van der Waals surface area contributed by atoms with Gasteiger partial charge in [-0.2, -0.15) is 13.2 Å². The number of alkyl halides is 3. The van der Waals surface area contributed by atoms with Crippen molar-refractivity contribution < 1.29 is 13.2 Å². The van der Waals surface area contributed by atoms with Gasteiger partial charge in [0, 0.05) is 38.8 Å². The first-order valence-corrected chi connectivity index (χ1v) is 8.12. The summed E-state index contributed by atoms with van der Waals surface area (Å²) in [6.07, 6.45) is 0.903. The Morgan fingerprint density at radius 1 is 1.30 bits per heavy atom. The van der Waals surface area contributed by atoms with E-state index in [1.54, 1.807) is 0 Å². The third-order valence-electron chi connectivity index (χ3n) is 4.99. The molecule has 4 nitrogen and oxygen atoms in total. The number of anilines is 1. The van der Waals surface area contributed by atoms with Gasteiger partial charge in [0.25, 0.3) is 0 Å². The molecule has 2 aliphatic rings. The van der Waals surface area contributed by atoms with E-state index in [-0.39, 0.29) is 12.0 Å². The van der Waals surface area contributed by atoms with Gasteiger partial charge in [-0.25, -0.2) is 9.97 Å². The van der Waals surface area contributed by atoms with Gasteiger partial charge in [0.2, 0.25) is 5.95 Å². The maximum atomic E-state index is 12.5. The molecule has 0 amide bonds. The molecule has 1 atom stereocenters. The summed E-state index contributed by atoms with van der Waals surface area (Å²) >= 11 is 0. The summed E-state index contributed by atoms with van der Waals surface area (Å²) < 4.78 is 37.5. The zero-order valence-corrected chi connectivity index (χ0v) is 13.7. The van der Waals surface area contributed by atoms with Gasteiger partial charge in [-0.1, -0.05) is 0 Å². The summed E-state index contributed by atoms with van der Waals surface area (Å²) in [5.41, 5.74) is 2.13. The van der Waals surface area contributed by atoms with E-state index < -0.39 is 12.6 Å². The maximum absolute atomic E-state index is 12.5. The van der Waals surface area contributed by atoms with E-state index in [2.05, 4.69) is 4.98 Å². The third kappa shape index (κ3) is 3.44. The lowest BCUT2D eigenvalue weighted by Gasteiger charge is -2.40. The van der Waals surface area contributed by atoms with Crippen molar-refractivity contribution in [2.45, 2.75) is 43.7 Å². The first-order valence-electron chi connectivity index (χ1n) is 8.12. The predicted octanol–water partition coefficient (Wildman–Crippen LogP) is 2.77. The number of aromatic nitrogens is 2. The molecule has 2 heterocycles. The highest BCUT2D eigenvalue weighted by atomic mass is 19.4. The number of aryl methyl sites for hydroxylation is 1. The van der Waals surface area contributed by atoms with E-state index in [0.717, 1.165) is 43.5 Å². The Kier molecular flexibility index (Phi) is 4.25. The summed E-state index contributed by atoms with van der Waals surface area (Å²) in [4.78, 5) is 12.9. The molecule has 1 spiro atoms. The van der Waals surface area contributed by atoms with Crippen molar-refractivity contribution >= 4 is 5.95 Å². The molecule has 0 aromatic carbocycles. The van der Waals surface area contributed by atoms with Crippen LogP contribution in [-0.2, 0) is 11.8 Å². The van der Waals surface area contributed by atoms with Crippen LogP contribution in [0, 0.1) is 0 Å². The summed E-state index contributed by atoms with van der Waals surface area (Å²) in [5, 5.41) is 0. The Labute approximate surface area is 134 Å². The zero-order valence-electron chi connectivity index (χ0n) is 13.7. The van der Waals surface area contributed by atoms with Crippen molar-refractivity contribution in [3.63, 3.8) is 0 Å². The second-order valence-electron chi connectivity index (χ2n) is 6.96.